The normalized spacial score (nSPS) is 23.5. The predicted molar refractivity (Wildman–Crippen MR) is 68.8 cm³/mol. The Kier molecular flexibility index (Phi) is 4.62. The highest BCUT2D eigenvalue weighted by Gasteiger charge is 2.67. The number of alkyl halides is 5. The summed E-state index contributed by atoms with van der Waals surface area (Å²) in [5.74, 6) is -0.313. The van der Waals surface area contributed by atoms with Crippen molar-refractivity contribution in [3.63, 3.8) is 0 Å². The predicted octanol–water partition coefficient (Wildman–Crippen LogP) is 2.82. The molecule has 0 saturated heterocycles. The van der Waals surface area contributed by atoms with Crippen LogP contribution in [0, 0.1) is 5.41 Å². The number of amides is 2. The number of nitrogens with one attached hydrogen (secondary N) is 2. The van der Waals surface area contributed by atoms with E-state index in [0.29, 0.717) is 5.56 Å². The molecule has 0 unspecified atom stereocenters. The van der Waals surface area contributed by atoms with Gasteiger partial charge in [0.2, 0.25) is 5.88 Å². The van der Waals surface area contributed by atoms with Gasteiger partial charge in [-0.15, -0.1) is 0 Å². The molecule has 1 aliphatic carbocycles. The van der Waals surface area contributed by atoms with Crippen LogP contribution in [0.2, 0.25) is 0 Å². The van der Waals surface area contributed by atoms with Crippen molar-refractivity contribution in [2.45, 2.75) is 38.7 Å². The van der Waals surface area contributed by atoms with Crippen LogP contribution in [0.3, 0.4) is 0 Å². The number of carbonyl (C=O) groups is 1. The van der Waals surface area contributed by atoms with Gasteiger partial charge in [0.25, 0.3) is 0 Å². The minimum Gasteiger partial charge on any atom is -0.417 e. The average molecular weight is 339 g/mol. The number of nitrogens with zero attached hydrogens (tertiary/aromatic N) is 1. The number of rotatable bonds is 5. The van der Waals surface area contributed by atoms with Crippen LogP contribution in [0.15, 0.2) is 18.3 Å². The van der Waals surface area contributed by atoms with Gasteiger partial charge in [-0.2, -0.15) is 22.0 Å². The molecular formula is C13H14F5N3O2. The monoisotopic (exact) mass is 339 g/mol. The Morgan fingerprint density at radius 1 is 1.52 bits per heavy atom. The number of pyridine rings is 1. The van der Waals surface area contributed by atoms with E-state index < -0.39 is 30.3 Å². The van der Waals surface area contributed by atoms with Crippen molar-refractivity contribution in [1.29, 1.82) is 0 Å². The maximum absolute atomic E-state index is 12.7. The fraction of sp³-hybridized carbons (Fsp3) is 0.538. The molecule has 5 nitrogen and oxygen atoms in total. The van der Waals surface area contributed by atoms with Crippen LogP contribution in [0.1, 0.15) is 18.9 Å². The first-order valence-corrected chi connectivity index (χ1v) is 6.62. The van der Waals surface area contributed by atoms with E-state index in [1.165, 1.54) is 18.3 Å². The van der Waals surface area contributed by atoms with Crippen molar-refractivity contribution < 1.29 is 31.5 Å². The lowest BCUT2D eigenvalue weighted by molar-refractivity contribution is -0.183. The van der Waals surface area contributed by atoms with Crippen molar-refractivity contribution in [1.82, 2.24) is 15.6 Å². The summed E-state index contributed by atoms with van der Waals surface area (Å²) in [5.41, 5.74) is -1.49. The van der Waals surface area contributed by atoms with Crippen LogP contribution in [-0.4, -0.2) is 29.8 Å². The van der Waals surface area contributed by atoms with Crippen molar-refractivity contribution in [3.05, 3.63) is 23.9 Å². The fourth-order valence-electron chi connectivity index (χ4n) is 2.00. The first-order valence-electron chi connectivity index (χ1n) is 6.62. The topological polar surface area (TPSA) is 63.2 Å². The molecule has 1 fully saturated rings. The lowest BCUT2D eigenvalue weighted by Gasteiger charge is -2.16. The van der Waals surface area contributed by atoms with Crippen molar-refractivity contribution in [2.75, 3.05) is 0 Å². The average Bonchev–Trinajstić information content (AvgIpc) is 3.08. The summed E-state index contributed by atoms with van der Waals surface area (Å²) in [5, 5.41) is 4.58. The minimum absolute atomic E-state index is 0.0661. The maximum atomic E-state index is 12.7. The Balaban J connectivity index is 1.82. The number of ether oxygens (including phenoxy) is 1. The van der Waals surface area contributed by atoms with E-state index in [-0.39, 0.29) is 18.8 Å². The summed E-state index contributed by atoms with van der Waals surface area (Å²) in [6.07, 6.45) is -3.34. The SMILES string of the molecule is C[C@]1(C(F)(F)F)C[C@@H]1NC(=O)NCc1ccnc(OC(F)F)c1. The van der Waals surface area contributed by atoms with E-state index in [1.807, 2.05) is 0 Å². The molecule has 23 heavy (non-hydrogen) atoms. The van der Waals surface area contributed by atoms with Crippen molar-refractivity contribution in [2.24, 2.45) is 5.41 Å². The molecule has 1 aromatic rings. The van der Waals surface area contributed by atoms with Crippen LogP contribution in [0.4, 0.5) is 26.7 Å². The van der Waals surface area contributed by atoms with Crippen LogP contribution in [0.5, 0.6) is 5.88 Å². The van der Waals surface area contributed by atoms with Gasteiger partial charge >= 0.3 is 18.8 Å². The highest BCUT2D eigenvalue weighted by atomic mass is 19.4. The molecule has 1 aliphatic rings. The number of hydrogen-bond donors (Lipinski definition) is 2. The van der Waals surface area contributed by atoms with E-state index in [4.69, 9.17) is 0 Å². The summed E-state index contributed by atoms with van der Waals surface area (Å²) in [6.45, 7) is -2.05. The molecule has 0 spiro atoms. The van der Waals surface area contributed by atoms with E-state index in [0.717, 1.165) is 6.92 Å². The largest absolute Gasteiger partial charge is 0.417 e. The molecule has 1 aromatic heterocycles. The molecule has 1 saturated carbocycles. The Morgan fingerprint density at radius 3 is 2.78 bits per heavy atom. The van der Waals surface area contributed by atoms with E-state index in [9.17, 15) is 26.7 Å². The third-order valence-electron chi connectivity index (χ3n) is 3.65. The molecule has 0 bridgehead atoms. The number of urea groups is 1. The second-order valence-electron chi connectivity index (χ2n) is 5.38. The van der Waals surface area contributed by atoms with Gasteiger partial charge in [-0.05, 0) is 25.0 Å². The number of hydrogen-bond acceptors (Lipinski definition) is 3. The first kappa shape index (κ1) is 17.2. The van der Waals surface area contributed by atoms with Gasteiger partial charge < -0.3 is 15.4 Å². The zero-order valence-corrected chi connectivity index (χ0v) is 12.0. The van der Waals surface area contributed by atoms with Gasteiger partial charge in [0.1, 0.15) is 0 Å². The number of halogens is 5. The van der Waals surface area contributed by atoms with E-state index >= 15 is 0 Å². The molecule has 0 aromatic carbocycles. The van der Waals surface area contributed by atoms with Gasteiger partial charge in [-0.3, -0.25) is 0 Å². The third kappa shape index (κ3) is 4.20. The summed E-state index contributed by atoms with van der Waals surface area (Å²) in [4.78, 5) is 15.1. The molecule has 0 radical (unpaired) electrons. The highest BCUT2D eigenvalue weighted by molar-refractivity contribution is 5.74. The standard InChI is InChI=1S/C13H14F5N3O2/c1-12(13(16,17)18)5-8(12)21-11(22)20-6-7-2-3-19-9(4-7)23-10(14)15/h2-4,8,10H,5-6H2,1H3,(H2,20,21,22)/t8-,12-/m0/s1. The zero-order chi connectivity index (χ0) is 17.3. The van der Waals surface area contributed by atoms with E-state index in [1.54, 1.807) is 0 Å². The lowest BCUT2D eigenvalue weighted by Crippen LogP contribution is -2.40. The Hall–Kier alpha value is -2.13. The van der Waals surface area contributed by atoms with Gasteiger partial charge in [-0.25, -0.2) is 9.78 Å². The van der Waals surface area contributed by atoms with Crippen LogP contribution < -0.4 is 15.4 Å². The molecule has 2 rings (SSSR count). The molecular weight excluding hydrogens is 325 g/mol. The fourth-order valence-corrected chi connectivity index (χ4v) is 2.00. The highest BCUT2D eigenvalue weighted by Crippen LogP contribution is 2.57. The number of carbonyl (C=O) groups excluding carboxylic acids is 1. The van der Waals surface area contributed by atoms with Gasteiger partial charge in [0.05, 0.1) is 5.41 Å². The van der Waals surface area contributed by atoms with Crippen LogP contribution in [0.25, 0.3) is 0 Å². The second kappa shape index (κ2) is 6.17. The Labute approximate surface area is 128 Å². The van der Waals surface area contributed by atoms with E-state index in [2.05, 4.69) is 20.4 Å². The van der Waals surface area contributed by atoms with Crippen molar-refractivity contribution in [3.8, 4) is 5.88 Å². The van der Waals surface area contributed by atoms with Gasteiger partial charge in [0.15, 0.2) is 0 Å². The maximum Gasteiger partial charge on any atom is 0.396 e. The van der Waals surface area contributed by atoms with Crippen LogP contribution in [-0.2, 0) is 6.54 Å². The summed E-state index contributed by atoms with van der Waals surface area (Å²) in [7, 11) is 0. The summed E-state index contributed by atoms with van der Waals surface area (Å²) >= 11 is 0. The lowest BCUT2D eigenvalue weighted by atomic mass is 10.1. The minimum atomic E-state index is -4.38. The summed E-state index contributed by atoms with van der Waals surface area (Å²) in [6, 6.07) is 0.910. The molecule has 2 atom stereocenters. The second-order valence-corrected chi connectivity index (χ2v) is 5.38. The smallest absolute Gasteiger partial charge is 0.396 e. The van der Waals surface area contributed by atoms with Crippen LogP contribution >= 0.6 is 0 Å². The summed E-state index contributed by atoms with van der Waals surface area (Å²) < 4.78 is 66.2. The Bertz CT molecular complexity index is 581. The molecule has 128 valence electrons. The zero-order valence-electron chi connectivity index (χ0n) is 12.0. The quantitative estimate of drug-likeness (QED) is 0.811. The molecule has 1 heterocycles. The Morgan fingerprint density at radius 2 is 2.22 bits per heavy atom. The third-order valence-corrected chi connectivity index (χ3v) is 3.65. The first-order chi connectivity index (χ1) is 10.6. The molecule has 0 aliphatic heterocycles. The van der Waals surface area contributed by atoms with Gasteiger partial charge in [0, 0.05) is 24.8 Å². The molecule has 2 amide bonds. The van der Waals surface area contributed by atoms with Crippen molar-refractivity contribution >= 4 is 6.03 Å². The molecule has 2 N–H and O–H groups in total. The van der Waals surface area contributed by atoms with Gasteiger partial charge in [-0.1, -0.05) is 0 Å². The molecule has 10 heteroatoms. The number of aromatic nitrogens is 1.